The number of benzene rings is 2. The zero-order valence-electron chi connectivity index (χ0n) is 13.1. The van der Waals surface area contributed by atoms with Crippen molar-refractivity contribution in [1.29, 1.82) is 0 Å². The summed E-state index contributed by atoms with van der Waals surface area (Å²) >= 11 is 1.81. The van der Waals surface area contributed by atoms with Crippen molar-refractivity contribution in [3.63, 3.8) is 0 Å². The summed E-state index contributed by atoms with van der Waals surface area (Å²) in [6.07, 6.45) is 0. The van der Waals surface area contributed by atoms with E-state index in [1.807, 2.05) is 23.9 Å². The molecule has 0 heterocycles. The van der Waals surface area contributed by atoms with Gasteiger partial charge in [-0.15, -0.1) is 11.8 Å². The molecule has 3 heteroatoms. The standard InChI is InChI=1S/C18H23NOS/c1-12-6-8-17(20-4)15(9-12)16(19)11-21-18-10-13(2)5-7-14(18)3/h5-10,16H,11,19H2,1-4H3. The van der Waals surface area contributed by atoms with E-state index in [0.717, 1.165) is 17.1 Å². The van der Waals surface area contributed by atoms with Gasteiger partial charge in [0.15, 0.2) is 0 Å². The predicted octanol–water partition coefficient (Wildman–Crippen LogP) is 4.41. The van der Waals surface area contributed by atoms with E-state index >= 15 is 0 Å². The third-order valence-corrected chi connectivity index (χ3v) is 4.82. The first-order valence-corrected chi connectivity index (χ1v) is 8.10. The molecule has 0 saturated carbocycles. The fourth-order valence-electron chi connectivity index (χ4n) is 2.28. The largest absolute Gasteiger partial charge is 0.496 e. The number of hydrogen-bond acceptors (Lipinski definition) is 3. The average molecular weight is 301 g/mol. The second-order valence-corrected chi connectivity index (χ2v) is 6.49. The minimum Gasteiger partial charge on any atom is -0.496 e. The van der Waals surface area contributed by atoms with Gasteiger partial charge in [-0.2, -0.15) is 0 Å². The van der Waals surface area contributed by atoms with Crippen molar-refractivity contribution in [2.45, 2.75) is 31.7 Å². The van der Waals surface area contributed by atoms with Crippen molar-refractivity contribution in [3.8, 4) is 5.75 Å². The Morgan fingerprint density at radius 2 is 1.71 bits per heavy atom. The van der Waals surface area contributed by atoms with Gasteiger partial charge in [-0.25, -0.2) is 0 Å². The molecule has 1 unspecified atom stereocenters. The molecule has 0 spiro atoms. The molecule has 0 aliphatic heterocycles. The van der Waals surface area contributed by atoms with Gasteiger partial charge in [0.25, 0.3) is 0 Å². The molecular formula is C18H23NOS. The maximum Gasteiger partial charge on any atom is 0.123 e. The molecular weight excluding hydrogens is 278 g/mol. The first kappa shape index (κ1) is 15.9. The monoisotopic (exact) mass is 301 g/mol. The molecule has 0 fully saturated rings. The fraction of sp³-hybridized carbons (Fsp3) is 0.333. The van der Waals surface area contributed by atoms with Crippen LogP contribution in [0.2, 0.25) is 0 Å². The van der Waals surface area contributed by atoms with E-state index in [1.165, 1.54) is 21.6 Å². The summed E-state index contributed by atoms with van der Waals surface area (Å²) < 4.78 is 5.43. The van der Waals surface area contributed by atoms with E-state index < -0.39 is 0 Å². The summed E-state index contributed by atoms with van der Waals surface area (Å²) in [4.78, 5) is 1.30. The molecule has 1 atom stereocenters. The highest BCUT2D eigenvalue weighted by Gasteiger charge is 2.13. The zero-order chi connectivity index (χ0) is 15.4. The lowest BCUT2D eigenvalue weighted by molar-refractivity contribution is 0.407. The number of ether oxygens (including phenoxy) is 1. The van der Waals surface area contributed by atoms with E-state index in [-0.39, 0.29) is 6.04 Å². The highest BCUT2D eigenvalue weighted by molar-refractivity contribution is 7.99. The minimum atomic E-state index is -0.0373. The molecule has 2 aromatic rings. The van der Waals surface area contributed by atoms with Crippen molar-refractivity contribution in [3.05, 3.63) is 58.7 Å². The number of hydrogen-bond donors (Lipinski definition) is 1. The van der Waals surface area contributed by atoms with E-state index in [9.17, 15) is 0 Å². The lowest BCUT2D eigenvalue weighted by Gasteiger charge is -2.17. The average Bonchev–Trinajstić information content (AvgIpc) is 2.47. The Balaban J connectivity index is 2.13. The lowest BCUT2D eigenvalue weighted by Crippen LogP contribution is -2.14. The van der Waals surface area contributed by atoms with Crippen LogP contribution in [0.4, 0.5) is 0 Å². The molecule has 2 N–H and O–H groups in total. The summed E-state index contributed by atoms with van der Waals surface area (Å²) in [5, 5.41) is 0. The third-order valence-electron chi connectivity index (χ3n) is 3.55. The van der Waals surface area contributed by atoms with Crippen LogP contribution in [-0.4, -0.2) is 12.9 Å². The molecule has 21 heavy (non-hydrogen) atoms. The van der Waals surface area contributed by atoms with E-state index in [4.69, 9.17) is 10.5 Å². The topological polar surface area (TPSA) is 35.2 Å². The molecule has 0 aromatic heterocycles. The van der Waals surface area contributed by atoms with Crippen LogP contribution in [0.3, 0.4) is 0 Å². The molecule has 2 aromatic carbocycles. The molecule has 0 aliphatic carbocycles. The predicted molar refractivity (Wildman–Crippen MR) is 91.3 cm³/mol. The number of thioether (sulfide) groups is 1. The summed E-state index contributed by atoms with van der Waals surface area (Å²) in [6.45, 7) is 6.33. The van der Waals surface area contributed by atoms with Crippen LogP contribution < -0.4 is 10.5 Å². The van der Waals surface area contributed by atoms with E-state index in [0.29, 0.717) is 0 Å². The molecule has 2 rings (SSSR count). The van der Waals surface area contributed by atoms with Crippen LogP contribution in [0.15, 0.2) is 41.3 Å². The third kappa shape index (κ3) is 4.02. The van der Waals surface area contributed by atoms with E-state index in [2.05, 4.69) is 45.0 Å². The Kier molecular flexibility index (Phi) is 5.32. The maximum atomic E-state index is 6.38. The van der Waals surface area contributed by atoms with Crippen LogP contribution in [-0.2, 0) is 0 Å². The quantitative estimate of drug-likeness (QED) is 0.831. The second kappa shape index (κ2) is 7.01. The Morgan fingerprint density at radius 1 is 1.05 bits per heavy atom. The van der Waals surface area contributed by atoms with Gasteiger partial charge in [0.2, 0.25) is 0 Å². The molecule has 0 amide bonds. The first-order valence-electron chi connectivity index (χ1n) is 7.11. The summed E-state index contributed by atoms with van der Waals surface area (Å²) in [6, 6.07) is 12.6. The Bertz CT molecular complexity index is 625. The Labute approximate surface area is 131 Å². The Morgan fingerprint density at radius 3 is 2.43 bits per heavy atom. The SMILES string of the molecule is COc1ccc(C)cc1C(N)CSc1cc(C)ccc1C. The summed E-state index contributed by atoms with van der Waals surface area (Å²) in [7, 11) is 1.69. The van der Waals surface area contributed by atoms with Gasteiger partial charge in [-0.3, -0.25) is 0 Å². The van der Waals surface area contributed by atoms with Gasteiger partial charge in [0.05, 0.1) is 7.11 Å². The van der Waals surface area contributed by atoms with Gasteiger partial charge in [-0.1, -0.05) is 35.4 Å². The van der Waals surface area contributed by atoms with Gasteiger partial charge in [0.1, 0.15) is 5.75 Å². The minimum absolute atomic E-state index is 0.0373. The smallest absolute Gasteiger partial charge is 0.123 e. The number of rotatable bonds is 5. The molecule has 0 bridgehead atoms. The number of aryl methyl sites for hydroxylation is 3. The Hall–Kier alpha value is -1.45. The molecule has 0 radical (unpaired) electrons. The van der Waals surface area contributed by atoms with Crippen molar-refractivity contribution < 1.29 is 4.74 Å². The zero-order valence-corrected chi connectivity index (χ0v) is 14.0. The van der Waals surface area contributed by atoms with Crippen LogP contribution in [0.25, 0.3) is 0 Å². The second-order valence-electron chi connectivity index (χ2n) is 5.43. The van der Waals surface area contributed by atoms with E-state index in [1.54, 1.807) is 7.11 Å². The normalized spacial score (nSPS) is 12.2. The maximum absolute atomic E-state index is 6.38. The highest BCUT2D eigenvalue weighted by atomic mass is 32.2. The van der Waals surface area contributed by atoms with Crippen molar-refractivity contribution in [2.75, 3.05) is 12.9 Å². The first-order chi connectivity index (χ1) is 10.0. The van der Waals surface area contributed by atoms with Crippen molar-refractivity contribution in [2.24, 2.45) is 5.73 Å². The molecule has 112 valence electrons. The molecule has 0 saturated heterocycles. The van der Waals surface area contributed by atoms with Gasteiger partial charge in [0, 0.05) is 22.3 Å². The number of nitrogens with two attached hydrogens (primary N) is 1. The highest BCUT2D eigenvalue weighted by Crippen LogP contribution is 2.31. The van der Waals surface area contributed by atoms with Crippen molar-refractivity contribution >= 4 is 11.8 Å². The molecule has 0 aliphatic rings. The van der Waals surface area contributed by atoms with Crippen LogP contribution >= 0.6 is 11.8 Å². The lowest BCUT2D eigenvalue weighted by atomic mass is 10.1. The van der Waals surface area contributed by atoms with Crippen LogP contribution in [0.5, 0.6) is 5.75 Å². The molecule has 2 nitrogen and oxygen atoms in total. The summed E-state index contributed by atoms with van der Waals surface area (Å²) in [5.41, 5.74) is 11.2. The van der Waals surface area contributed by atoms with Crippen molar-refractivity contribution in [1.82, 2.24) is 0 Å². The fourth-order valence-corrected chi connectivity index (χ4v) is 3.38. The van der Waals surface area contributed by atoms with Gasteiger partial charge < -0.3 is 10.5 Å². The van der Waals surface area contributed by atoms with Crippen LogP contribution in [0.1, 0.15) is 28.3 Å². The summed E-state index contributed by atoms with van der Waals surface area (Å²) in [5.74, 6) is 1.71. The van der Waals surface area contributed by atoms with Crippen LogP contribution in [0, 0.1) is 20.8 Å². The number of methoxy groups -OCH3 is 1. The van der Waals surface area contributed by atoms with Gasteiger partial charge in [-0.05, 0) is 38.5 Å². The van der Waals surface area contributed by atoms with Gasteiger partial charge >= 0.3 is 0 Å².